The number of hydrogen-bond acceptors (Lipinski definition) is 6. The van der Waals surface area contributed by atoms with E-state index in [1.165, 1.54) is 11.3 Å². The van der Waals surface area contributed by atoms with Gasteiger partial charge in [-0.3, -0.25) is 4.90 Å². The largest absolute Gasteiger partial charge is 0.489 e. The molecule has 0 atom stereocenters. The number of nitrogens with zero attached hydrogens (tertiary/aromatic N) is 3. The average molecular weight is 497 g/mol. The molecule has 0 aliphatic carbocycles. The number of nitrogens with one attached hydrogen (secondary N) is 1. The molecule has 0 bridgehead atoms. The van der Waals surface area contributed by atoms with Gasteiger partial charge in [0.25, 0.3) is 0 Å². The number of benzene rings is 3. The maximum absolute atomic E-state index is 5.88. The predicted molar refractivity (Wildman–Crippen MR) is 149 cm³/mol. The summed E-state index contributed by atoms with van der Waals surface area (Å²) in [7, 11) is 0. The van der Waals surface area contributed by atoms with Crippen LogP contribution in [0.1, 0.15) is 23.3 Å². The number of hydrogen-bond donors (Lipinski definition) is 1. The maximum Gasteiger partial charge on any atom is 0.151 e. The van der Waals surface area contributed by atoms with Crippen molar-refractivity contribution in [2.45, 2.75) is 26.5 Å². The molecule has 2 heterocycles. The molecule has 0 amide bonds. The zero-order chi connectivity index (χ0) is 25.3. The molecular weight excluding hydrogens is 460 g/mol. The molecule has 1 N–H and O–H groups in total. The number of ether oxygens (including phenoxy) is 1. The molecule has 0 spiro atoms. The van der Waals surface area contributed by atoms with Gasteiger partial charge in [0, 0.05) is 43.5 Å². The molecule has 0 radical (unpaired) electrons. The van der Waals surface area contributed by atoms with Crippen molar-refractivity contribution in [2.75, 3.05) is 44.2 Å². The zero-order valence-electron chi connectivity index (χ0n) is 21.6. The highest BCUT2D eigenvalue weighted by Gasteiger charge is 2.16. The lowest BCUT2D eigenvalue weighted by molar-refractivity contribution is 0.253. The lowest BCUT2D eigenvalue weighted by Crippen LogP contribution is -2.46. The Balaban J connectivity index is 0.986. The molecule has 0 unspecified atom stereocenters. The van der Waals surface area contributed by atoms with E-state index in [-0.39, 0.29) is 0 Å². The first kappa shape index (κ1) is 25.1. The maximum atomic E-state index is 5.88. The highest BCUT2D eigenvalue weighted by molar-refractivity contribution is 5.59. The first-order valence-corrected chi connectivity index (χ1v) is 13.2. The summed E-state index contributed by atoms with van der Waals surface area (Å²) in [6, 6.07) is 29.1. The van der Waals surface area contributed by atoms with Crippen LogP contribution in [0.2, 0.25) is 0 Å². The van der Waals surface area contributed by atoms with Gasteiger partial charge in [0.1, 0.15) is 18.1 Å². The van der Waals surface area contributed by atoms with Crippen LogP contribution in [0.5, 0.6) is 5.75 Å². The Kier molecular flexibility index (Phi) is 8.51. The van der Waals surface area contributed by atoms with E-state index in [9.17, 15) is 0 Å². The minimum atomic E-state index is 0.559. The third-order valence-electron chi connectivity index (χ3n) is 6.86. The normalized spacial score (nSPS) is 14.1. The van der Waals surface area contributed by atoms with Gasteiger partial charge in [-0.1, -0.05) is 53.2 Å². The van der Waals surface area contributed by atoms with E-state index < -0.39 is 0 Å². The van der Waals surface area contributed by atoms with Crippen LogP contribution in [0.3, 0.4) is 0 Å². The van der Waals surface area contributed by atoms with Crippen molar-refractivity contribution in [1.29, 1.82) is 0 Å². The van der Waals surface area contributed by atoms with Crippen molar-refractivity contribution < 1.29 is 9.26 Å². The van der Waals surface area contributed by atoms with Crippen molar-refractivity contribution >= 4 is 5.69 Å². The Morgan fingerprint density at radius 3 is 2.41 bits per heavy atom. The molecule has 1 aliphatic rings. The fourth-order valence-corrected chi connectivity index (χ4v) is 4.62. The van der Waals surface area contributed by atoms with Gasteiger partial charge in [-0.2, -0.15) is 0 Å². The first-order chi connectivity index (χ1) is 18.2. The molecule has 6 heteroatoms. The van der Waals surface area contributed by atoms with Crippen LogP contribution >= 0.6 is 0 Å². The Morgan fingerprint density at radius 1 is 0.892 bits per heavy atom. The van der Waals surface area contributed by atoms with Gasteiger partial charge in [0.2, 0.25) is 0 Å². The summed E-state index contributed by atoms with van der Waals surface area (Å²) < 4.78 is 11.4. The zero-order valence-corrected chi connectivity index (χ0v) is 21.6. The second-order valence-corrected chi connectivity index (χ2v) is 9.67. The van der Waals surface area contributed by atoms with Gasteiger partial charge in [-0.15, -0.1) is 0 Å². The summed E-state index contributed by atoms with van der Waals surface area (Å²) in [5, 5.41) is 7.75. The molecule has 3 aromatic carbocycles. The summed E-state index contributed by atoms with van der Waals surface area (Å²) in [5.41, 5.74) is 5.67. The van der Waals surface area contributed by atoms with Crippen molar-refractivity contribution in [3.05, 3.63) is 102 Å². The Bertz CT molecular complexity index is 1210. The van der Waals surface area contributed by atoms with Gasteiger partial charge in [0.15, 0.2) is 5.76 Å². The molecular formula is C31H36N4O2. The van der Waals surface area contributed by atoms with Gasteiger partial charge in [-0.25, -0.2) is 0 Å². The smallest absolute Gasteiger partial charge is 0.151 e. The third kappa shape index (κ3) is 7.21. The molecule has 1 aliphatic heterocycles. The van der Waals surface area contributed by atoms with E-state index in [1.54, 1.807) is 0 Å². The summed E-state index contributed by atoms with van der Waals surface area (Å²) in [6.07, 6.45) is 1.12. The van der Waals surface area contributed by atoms with Crippen LogP contribution in [0, 0.1) is 6.92 Å². The monoisotopic (exact) mass is 496 g/mol. The lowest BCUT2D eigenvalue weighted by Gasteiger charge is -2.36. The second-order valence-electron chi connectivity index (χ2n) is 9.67. The quantitative estimate of drug-likeness (QED) is 0.276. The van der Waals surface area contributed by atoms with E-state index in [0.29, 0.717) is 13.2 Å². The Morgan fingerprint density at radius 2 is 1.65 bits per heavy atom. The molecule has 4 aromatic rings. The molecule has 1 aromatic heterocycles. The summed E-state index contributed by atoms with van der Waals surface area (Å²) in [5.74, 6) is 1.70. The van der Waals surface area contributed by atoms with E-state index in [1.807, 2.05) is 48.5 Å². The molecule has 37 heavy (non-hydrogen) atoms. The molecule has 1 saturated heterocycles. The number of aromatic nitrogens is 1. The van der Waals surface area contributed by atoms with E-state index in [4.69, 9.17) is 9.26 Å². The van der Waals surface area contributed by atoms with Crippen LogP contribution in [0.15, 0.2) is 89.5 Å². The van der Waals surface area contributed by atoms with Crippen molar-refractivity contribution in [3.8, 4) is 17.0 Å². The average Bonchev–Trinajstić information content (AvgIpc) is 3.42. The topological polar surface area (TPSA) is 53.8 Å². The van der Waals surface area contributed by atoms with Crippen LogP contribution in [0.4, 0.5) is 5.69 Å². The molecule has 5 rings (SSSR count). The van der Waals surface area contributed by atoms with E-state index >= 15 is 0 Å². The van der Waals surface area contributed by atoms with Crippen LogP contribution in [-0.2, 0) is 13.2 Å². The molecule has 6 nitrogen and oxygen atoms in total. The fraction of sp³-hybridized carbons (Fsp3) is 0.323. The SMILES string of the molecule is Cc1ccc(N2CCN(CCCNCc3cc(-c4ccc(OCc5ccccc5)cc4)no3)CC2)cc1. The molecule has 1 fully saturated rings. The molecule has 0 saturated carbocycles. The second kappa shape index (κ2) is 12.6. The van der Waals surface area contributed by atoms with Crippen molar-refractivity contribution in [3.63, 3.8) is 0 Å². The van der Waals surface area contributed by atoms with Crippen LogP contribution in [0.25, 0.3) is 11.3 Å². The minimum Gasteiger partial charge on any atom is -0.489 e. The number of rotatable bonds is 11. The van der Waals surface area contributed by atoms with Crippen LogP contribution < -0.4 is 15.0 Å². The standard InChI is InChI=1S/C31H36N4O2/c1-25-8-12-28(13-9-25)35-20-18-34(19-21-35)17-5-16-32-23-30-22-31(33-37-30)27-10-14-29(15-11-27)36-24-26-6-3-2-4-7-26/h2-4,6-15,22,32H,5,16-21,23-24H2,1H3. The highest BCUT2D eigenvalue weighted by atomic mass is 16.5. The predicted octanol–water partition coefficient (Wildman–Crippen LogP) is 5.53. The van der Waals surface area contributed by atoms with Crippen molar-refractivity contribution in [2.24, 2.45) is 0 Å². The first-order valence-electron chi connectivity index (χ1n) is 13.2. The number of aryl methyl sites for hydroxylation is 1. The minimum absolute atomic E-state index is 0.559. The fourth-order valence-electron chi connectivity index (χ4n) is 4.62. The van der Waals surface area contributed by atoms with Gasteiger partial charge < -0.3 is 19.5 Å². The number of anilines is 1. The summed E-state index contributed by atoms with van der Waals surface area (Å²) >= 11 is 0. The third-order valence-corrected chi connectivity index (χ3v) is 6.86. The summed E-state index contributed by atoms with van der Waals surface area (Å²) in [6.45, 7) is 9.89. The Hall–Kier alpha value is -3.61. The van der Waals surface area contributed by atoms with E-state index in [2.05, 4.69) is 63.6 Å². The van der Waals surface area contributed by atoms with E-state index in [0.717, 1.165) is 74.0 Å². The van der Waals surface area contributed by atoms with Gasteiger partial charge >= 0.3 is 0 Å². The van der Waals surface area contributed by atoms with Gasteiger partial charge in [-0.05, 0) is 68.4 Å². The molecule has 192 valence electrons. The summed E-state index contributed by atoms with van der Waals surface area (Å²) in [4.78, 5) is 5.05. The van der Waals surface area contributed by atoms with Crippen molar-refractivity contribution in [1.82, 2.24) is 15.4 Å². The number of piperazine rings is 1. The van der Waals surface area contributed by atoms with Crippen LogP contribution in [-0.4, -0.2) is 49.3 Å². The van der Waals surface area contributed by atoms with Gasteiger partial charge in [0.05, 0.1) is 6.54 Å². The highest BCUT2D eigenvalue weighted by Crippen LogP contribution is 2.23. The Labute approximate surface area is 219 Å². The lowest BCUT2D eigenvalue weighted by atomic mass is 10.1.